The van der Waals surface area contributed by atoms with Crippen LogP contribution in [0.4, 0.5) is 10.1 Å². The summed E-state index contributed by atoms with van der Waals surface area (Å²) in [4.78, 5) is 8.39. The second kappa shape index (κ2) is 3.78. The van der Waals surface area contributed by atoms with E-state index in [1.165, 1.54) is 23.5 Å². The summed E-state index contributed by atoms with van der Waals surface area (Å²) in [6.07, 6.45) is 3.39. The van der Waals surface area contributed by atoms with Crippen molar-refractivity contribution in [3.05, 3.63) is 42.5 Å². The molecule has 3 aromatic rings. The molecule has 0 bridgehead atoms. The SMILES string of the molecule is Nc1ccc(F)cc1-c1nc2cnccc2s1. The summed E-state index contributed by atoms with van der Waals surface area (Å²) in [6.45, 7) is 0. The smallest absolute Gasteiger partial charge is 0.126 e. The van der Waals surface area contributed by atoms with Gasteiger partial charge in [0.2, 0.25) is 0 Å². The van der Waals surface area contributed by atoms with Crippen molar-refractivity contribution in [2.75, 3.05) is 5.73 Å². The largest absolute Gasteiger partial charge is 0.398 e. The highest BCUT2D eigenvalue weighted by Gasteiger charge is 2.10. The van der Waals surface area contributed by atoms with Crippen LogP contribution in [0.5, 0.6) is 0 Å². The lowest BCUT2D eigenvalue weighted by molar-refractivity contribution is 0.628. The van der Waals surface area contributed by atoms with E-state index in [-0.39, 0.29) is 5.82 Å². The van der Waals surface area contributed by atoms with E-state index in [4.69, 9.17) is 5.73 Å². The van der Waals surface area contributed by atoms with Gasteiger partial charge in [0.25, 0.3) is 0 Å². The lowest BCUT2D eigenvalue weighted by atomic mass is 10.2. The molecule has 0 aliphatic carbocycles. The van der Waals surface area contributed by atoms with Crippen LogP contribution in [0, 0.1) is 5.82 Å². The van der Waals surface area contributed by atoms with Gasteiger partial charge in [-0.15, -0.1) is 11.3 Å². The van der Waals surface area contributed by atoms with Gasteiger partial charge in [0.1, 0.15) is 16.3 Å². The van der Waals surface area contributed by atoms with Crippen molar-refractivity contribution < 1.29 is 4.39 Å². The highest BCUT2D eigenvalue weighted by atomic mass is 32.1. The van der Waals surface area contributed by atoms with Crippen molar-refractivity contribution in [2.24, 2.45) is 0 Å². The Labute approximate surface area is 101 Å². The fraction of sp³-hybridized carbons (Fsp3) is 0. The van der Waals surface area contributed by atoms with E-state index in [1.807, 2.05) is 6.07 Å². The van der Waals surface area contributed by atoms with Gasteiger partial charge in [-0.25, -0.2) is 9.37 Å². The molecule has 3 rings (SSSR count). The fourth-order valence-corrected chi connectivity index (χ4v) is 2.58. The van der Waals surface area contributed by atoms with Crippen molar-refractivity contribution in [1.82, 2.24) is 9.97 Å². The average Bonchev–Trinajstić information content (AvgIpc) is 2.75. The van der Waals surface area contributed by atoms with Gasteiger partial charge in [0.15, 0.2) is 0 Å². The summed E-state index contributed by atoms with van der Waals surface area (Å²) in [7, 11) is 0. The third-order valence-electron chi connectivity index (χ3n) is 2.44. The molecule has 2 aromatic heterocycles. The summed E-state index contributed by atoms with van der Waals surface area (Å²) in [5.74, 6) is -0.313. The van der Waals surface area contributed by atoms with Gasteiger partial charge < -0.3 is 5.73 Å². The van der Waals surface area contributed by atoms with Gasteiger partial charge in [0, 0.05) is 17.4 Å². The zero-order valence-electron chi connectivity index (χ0n) is 8.72. The maximum atomic E-state index is 13.2. The van der Waals surface area contributed by atoms with Gasteiger partial charge >= 0.3 is 0 Å². The van der Waals surface area contributed by atoms with E-state index in [2.05, 4.69) is 9.97 Å². The molecule has 2 N–H and O–H groups in total. The second-order valence-electron chi connectivity index (χ2n) is 3.59. The topological polar surface area (TPSA) is 51.8 Å². The minimum absolute atomic E-state index is 0.313. The molecule has 0 fully saturated rings. The van der Waals surface area contributed by atoms with Crippen LogP contribution in [0.1, 0.15) is 0 Å². The number of aromatic nitrogens is 2. The van der Waals surface area contributed by atoms with Gasteiger partial charge in [-0.3, -0.25) is 4.98 Å². The molecule has 17 heavy (non-hydrogen) atoms. The van der Waals surface area contributed by atoms with Gasteiger partial charge in [-0.2, -0.15) is 0 Å². The summed E-state index contributed by atoms with van der Waals surface area (Å²) >= 11 is 1.48. The van der Waals surface area contributed by atoms with Crippen LogP contribution < -0.4 is 5.73 Å². The lowest BCUT2D eigenvalue weighted by Crippen LogP contribution is -1.90. The molecule has 5 heteroatoms. The Bertz CT molecular complexity index is 660. The normalized spacial score (nSPS) is 10.9. The number of benzene rings is 1. The van der Waals surface area contributed by atoms with Crippen LogP contribution in [0.2, 0.25) is 0 Å². The number of fused-ring (bicyclic) bond motifs is 1. The number of halogens is 1. The van der Waals surface area contributed by atoms with Crippen LogP contribution in [0.3, 0.4) is 0 Å². The van der Waals surface area contributed by atoms with Gasteiger partial charge in [-0.1, -0.05) is 0 Å². The Hall–Kier alpha value is -2.01. The predicted molar refractivity (Wildman–Crippen MR) is 67.2 cm³/mol. The summed E-state index contributed by atoms with van der Waals surface area (Å²) in [5.41, 5.74) is 7.79. The van der Waals surface area contributed by atoms with Crippen molar-refractivity contribution >= 4 is 27.2 Å². The molecule has 0 aliphatic heterocycles. The maximum absolute atomic E-state index is 13.2. The molecule has 0 unspecified atom stereocenters. The number of hydrogen-bond acceptors (Lipinski definition) is 4. The summed E-state index contributed by atoms with van der Waals surface area (Å²) < 4.78 is 14.2. The summed E-state index contributed by atoms with van der Waals surface area (Å²) in [5, 5.41) is 0.713. The molecule has 0 saturated heterocycles. The molecule has 0 radical (unpaired) electrons. The minimum Gasteiger partial charge on any atom is -0.398 e. The van der Waals surface area contributed by atoms with Crippen LogP contribution in [-0.4, -0.2) is 9.97 Å². The Kier molecular flexibility index (Phi) is 2.26. The first-order chi connectivity index (χ1) is 8.24. The van der Waals surface area contributed by atoms with Crippen LogP contribution >= 0.6 is 11.3 Å². The quantitative estimate of drug-likeness (QED) is 0.670. The molecule has 84 valence electrons. The third-order valence-corrected chi connectivity index (χ3v) is 3.51. The van der Waals surface area contributed by atoms with E-state index in [9.17, 15) is 4.39 Å². The molecule has 0 spiro atoms. The molecular weight excluding hydrogens is 237 g/mol. The third kappa shape index (κ3) is 1.74. The first-order valence-corrected chi connectivity index (χ1v) is 5.81. The molecule has 0 saturated carbocycles. The molecule has 0 amide bonds. The van der Waals surface area contributed by atoms with E-state index >= 15 is 0 Å². The number of anilines is 1. The number of nitrogen functional groups attached to an aromatic ring is 1. The van der Waals surface area contributed by atoms with Crippen molar-refractivity contribution in [3.8, 4) is 10.6 Å². The number of rotatable bonds is 1. The fourth-order valence-electron chi connectivity index (χ4n) is 1.61. The maximum Gasteiger partial charge on any atom is 0.126 e. The molecule has 3 nitrogen and oxygen atoms in total. The van der Waals surface area contributed by atoms with Crippen molar-refractivity contribution in [1.29, 1.82) is 0 Å². The van der Waals surface area contributed by atoms with Gasteiger partial charge in [0.05, 0.1) is 10.9 Å². The zero-order chi connectivity index (χ0) is 11.8. The Morgan fingerprint density at radius 1 is 1.24 bits per heavy atom. The molecular formula is C12H8FN3S. The number of hydrogen-bond donors (Lipinski definition) is 1. The predicted octanol–water partition coefficient (Wildman–Crippen LogP) is 3.08. The standard InChI is InChI=1S/C12H8FN3S/c13-7-1-2-9(14)8(5-7)12-16-10-6-15-4-3-11(10)17-12/h1-6H,14H2. The Balaban J connectivity index is 2.23. The Morgan fingerprint density at radius 2 is 2.12 bits per heavy atom. The van der Waals surface area contributed by atoms with Crippen molar-refractivity contribution in [2.45, 2.75) is 0 Å². The van der Waals surface area contributed by atoms with E-state index < -0.39 is 0 Å². The first kappa shape index (κ1) is 10.2. The molecule has 0 aliphatic rings. The Morgan fingerprint density at radius 3 is 2.94 bits per heavy atom. The molecule has 1 aromatic carbocycles. The van der Waals surface area contributed by atoms with Crippen LogP contribution in [0.25, 0.3) is 20.8 Å². The number of thiazole rings is 1. The van der Waals surface area contributed by atoms with E-state index in [0.717, 1.165) is 10.2 Å². The zero-order valence-corrected chi connectivity index (χ0v) is 9.54. The molecule has 2 heterocycles. The van der Waals surface area contributed by atoms with E-state index in [0.29, 0.717) is 16.3 Å². The van der Waals surface area contributed by atoms with Crippen LogP contribution in [-0.2, 0) is 0 Å². The molecule has 0 atom stereocenters. The second-order valence-corrected chi connectivity index (χ2v) is 4.62. The van der Waals surface area contributed by atoms with Crippen molar-refractivity contribution in [3.63, 3.8) is 0 Å². The number of pyridine rings is 1. The average molecular weight is 245 g/mol. The van der Waals surface area contributed by atoms with Gasteiger partial charge in [-0.05, 0) is 24.3 Å². The highest BCUT2D eigenvalue weighted by molar-refractivity contribution is 7.21. The monoisotopic (exact) mass is 245 g/mol. The number of nitrogens with zero attached hydrogens (tertiary/aromatic N) is 2. The number of nitrogens with two attached hydrogens (primary N) is 1. The van der Waals surface area contributed by atoms with Crippen LogP contribution in [0.15, 0.2) is 36.7 Å². The minimum atomic E-state index is -0.313. The summed E-state index contributed by atoms with van der Waals surface area (Å²) in [6, 6.07) is 6.18. The van der Waals surface area contributed by atoms with E-state index in [1.54, 1.807) is 18.5 Å². The highest BCUT2D eigenvalue weighted by Crippen LogP contribution is 2.33. The first-order valence-electron chi connectivity index (χ1n) is 5.00. The lowest BCUT2D eigenvalue weighted by Gasteiger charge is -2.01.